The predicted octanol–water partition coefficient (Wildman–Crippen LogP) is 4.13. The lowest BCUT2D eigenvalue weighted by atomic mass is 9.88. The van der Waals surface area contributed by atoms with E-state index in [1.165, 1.54) is 10.4 Å². The Morgan fingerprint density at radius 2 is 1.85 bits per heavy atom. The number of ether oxygens (including phenoxy) is 1. The van der Waals surface area contributed by atoms with Crippen molar-refractivity contribution in [1.29, 1.82) is 0 Å². The van der Waals surface area contributed by atoms with Gasteiger partial charge in [-0.1, -0.05) is 6.07 Å². The van der Waals surface area contributed by atoms with E-state index in [4.69, 9.17) is 4.74 Å². The molecule has 40 heavy (non-hydrogen) atoms. The van der Waals surface area contributed by atoms with E-state index in [1.54, 1.807) is 0 Å². The number of hydrogen-bond acceptors (Lipinski definition) is 5. The Morgan fingerprint density at radius 3 is 2.60 bits per heavy atom. The van der Waals surface area contributed by atoms with Gasteiger partial charge in [0.2, 0.25) is 15.9 Å². The second-order valence-corrected chi connectivity index (χ2v) is 12.8. The SMILES string of the molecule is CN(C(=O)CCC1c2cccn2CCN1S(=O)(=O)c1cccc(C(F)(F)F)c1)[C@@H]1CCC[C@H](N2CCOCC2)C1. The highest BCUT2D eigenvalue weighted by atomic mass is 32.2. The van der Waals surface area contributed by atoms with Crippen molar-refractivity contribution in [2.75, 3.05) is 39.9 Å². The van der Waals surface area contributed by atoms with Gasteiger partial charge in [-0.25, -0.2) is 8.42 Å². The Bertz CT molecular complexity index is 1290. The number of nitrogens with zero attached hydrogens (tertiary/aromatic N) is 4. The highest BCUT2D eigenvalue weighted by Gasteiger charge is 2.39. The smallest absolute Gasteiger partial charge is 0.379 e. The third-order valence-corrected chi connectivity index (χ3v) is 10.5. The lowest BCUT2D eigenvalue weighted by molar-refractivity contribution is -0.137. The molecule has 1 saturated heterocycles. The van der Waals surface area contributed by atoms with Crippen LogP contribution in [0.3, 0.4) is 0 Å². The third kappa shape index (κ3) is 6.09. The minimum absolute atomic E-state index is 0.0484. The van der Waals surface area contributed by atoms with Gasteiger partial charge in [-0.3, -0.25) is 9.69 Å². The number of fused-ring (bicyclic) bond motifs is 1. The second-order valence-electron chi connectivity index (χ2n) is 10.9. The van der Waals surface area contributed by atoms with Crippen LogP contribution in [-0.2, 0) is 32.3 Å². The molecule has 3 aliphatic rings. The predicted molar refractivity (Wildman–Crippen MR) is 143 cm³/mol. The summed E-state index contributed by atoms with van der Waals surface area (Å²) in [5.74, 6) is -0.0484. The molecule has 0 bridgehead atoms. The molecule has 2 aromatic rings. The monoisotopic (exact) mass is 582 g/mol. The Labute approximate surface area is 233 Å². The number of aromatic nitrogens is 1. The van der Waals surface area contributed by atoms with Crippen LogP contribution in [0.15, 0.2) is 47.5 Å². The Morgan fingerprint density at radius 1 is 1.07 bits per heavy atom. The molecular formula is C28H37F3N4O4S. The summed E-state index contributed by atoms with van der Waals surface area (Å²) in [6.07, 6.45) is 1.58. The van der Waals surface area contributed by atoms with E-state index in [2.05, 4.69) is 4.90 Å². The number of carbonyl (C=O) groups excluding carboxylic acids is 1. The van der Waals surface area contributed by atoms with E-state index < -0.39 is 32.7 Å². The van der Waals surface area contributed by atoms with Crippen molar-refractivity contribution in [1.82, 2.24) is 18.7 Å². The van der Waals surface area contributed by atoms with Gasteiger partial charge in [0.05, 0.1) is 29.7 Å². The van der Waals surface area contributed by atoms with Gasteiger partial charge in [0, 0.05) is 63.6 Å². The van der Waals surface area contributed by atoms with E-state index in [9.17, 15) is 26.4 Å². The fourth-order valence-corrected chi connectivity index (χ4v) is 8.06. The summed E-state index contributed by atoms with van der Waals surface area (Å²) in [6.45, 7) is 3.78. The molecule has 12 heteroatoms. The van der Waals surface area contributed by atoms with Gasteiger partial charge in [0.15, 0.2) is 0 Å². The zero-order chi connectivity index (χ0) is 28.5. The van der Waals surface area contributed by atoms with Crippen molar-refractivity contribution >= 4 is 15.9 Å². The Hall–Kier alpha value is -2.41. The normalized spacial score (nSPS) is 24.9. The van der Waals surface area contributed by atoms with Crippen molar-refractivity contribution < 1.29 is 31.1 Å². The molecule has 8 nitrogen and oxygen atoms in total. The fourth-order valence-electron chi connectivity index (χ4n) is 6.40. The lowest BCUT2D eigenvalue weighted by Crippen LogP contribution is -2.50. The molecule has 0 spiro atoms. The number of amides is 1. The van der Waals surface area contributed by atoms with Crippen molar-refractivity contribution in [2.24, 2.45) is 0 Å². The highest BCUT2D eigenvalue weighted by Crippen LogP contribution is 2.37. The maximum Gasteiger partial charge on any atom is 0.416 e. The van der Waals surface area contributed by atoms with Crippen LogP contribution in [0.5, 0.6) is 0 Å². The summed E-state index contributed by atoms with van der Waals surface area (Å²) >= 11 is 0. The molecule has 220 valence electrons. The number of rotatable bonds is 7. The van der Waals surface area contributed by atoms with Crippen LogP contribution >= 0.6 is 0 Å². The quantitative estimate of drug-likeness (QED) is 0.491. The summed E-state index contributed by atoms with van der Waals surface area (Å²) in [6, 6.07) is 7.39. The Kier molecular flexibility index (Phi) is 8.61. The first-order valence-corrected chi connectivity index (χ1v) is 15.4. The number of hydrogen-bond donors (Lipinski definition) is 0. The van der Waals surface area contributed by atoms with Crippen molar-refractivity contribution in [3.8, 4) is 0 Å². The molecule has 3 atom stereocenters. The van der Waals surface area contributed by atoms with Crippen molar-refractivity contribution in [2.45, 2.75) is 74.3 Å². The molecule has 5 rings (SSSR count). The topological polar surface area (TPSA) is 75.1 Å². The number of halogens is 3. The van der Waals surface area contributed by atoms with Crippen LogP contribution in [-0.4, -0.2) is 85.0 Å². The van der Waals surface area contributed by atoms with Crippen molar-refractivity contribution in [3.63, 3.8) is 0 Å². The molecule has 3 heterocycles. The summed E-state index contributed by atoms with van der Waals surface area (Å²) in [4.78, 5) is 17.3. The second kappa shape index (κ2) is 11.8. The van der Waals surface area contributed by atoms with Gasteiger partial charge in [0.25, 0.3) is 0 Å². The Balaban J connectivity index is 1.30. The number of carbonyl (C=O) groups is 1. The van der Waals surface area contributed by atoms with E-state index in [0.717, 1.165) is 69.8 Å². The van der Waals surface area contributed by atoms with E-state index in [0.29, 0.717) is 18.7 Å². The third-order valence-electron chi connectivity index (χ3n) is 8.64. The van der Waals surface area contributed by atoms with Crippen LogP contribution < -0.4 is 0 Å². The van der Waals surface area contributed by atoms with Gasteiger partial charge in [-0.05, 0) is 62.4 Å². The standard InChI is InChI=1S/C28H37F3N4O4S/c1-32(22-6-3-7-23(20-22)33-15-17-39-18-16-33)27(36)11-10-26-25-9-4-12-34(25)13-14-35(26)40(37,38)24-8-2-5-21(19-24)28(29,30)31/h2,4-5,8-9,12,19,22-23,26H,3,6-7,10-11,13-18,20H2,1H3/t22-,23+,26?/m1/s1. The lowest BCUT2D eigenvalue weighted by Gasteiger charge is -2.42. The minimum Gasteiger partial charge on any atom is -0.379 e. The molecule has 2 fully saturated rings. The summed E-state index contributed by atoms with van der Waals surface area (Å²) in [5, 5.41) is 0. The maximum atomic E-state index is 13.7. The summed E-state index contributed by atoms with van der Waals surface area (Å²) in [7, 11) is -2.41. The first-order valence-electron chi connectivity index (χ1n) is 14.0. The molecule has 1 saturated carbocycles. The summed E-state index contributed by atoms with van der Waals surface area (Å²) < 4.78 is 76.0. The van der Waals surface area contributed by atoms with E-state index in [-0.39, 0.29) is 31.3 Å². The van der Waals surface area contributed by atoms with Crippen LogP contribution in [0.2, 0.25) is 0 Å². The van der Waals surface area contributed by atoms with E-state index in [1.807, 2.05) is 34.8 Å². The number of sulfonamides is 1. The first kappa shape index (κ1) is 29.1. The minimum atomic E-state index is -4.65. The molecule has 1 aromatic heterocycles. The highest BCUT2D eigenvalue weighted by molar-refractivity contribution is 7.89. The zero-order valence-electron chi connectivity index (χ0n) is 22.7. The maximum absolute atomic E-state index is 13.7. The number of benzene rings is 1. The zero-order valence-corrected chi connectivity index (χ0v) is 23.5. The van der Waals surface area contributed by atoms with Crippen LogP contribution in [0.4, 0.5) is 13.2 Å². The average molecular weight is 583 g/mol. The fraction of sp³-hybridized carbons (Fsp3) is 0.607. The van der Waals surface area contributed by atoms with Crippen LogP contribution in [0.25, 0.3) is 0 Å². The average Bonchev–Trinajstić information content (AvgIpc) is 3.45. The number of alkyl halides is 3. The molecular weight excluding hydrogens is 545 g/mol. The van der Waals surface area contributed by atoms with Gasteiger partial charge in [0.1, 0.15) is 0 Å². The first-order chi connectivity index (χ1) is 19.1. The van der Waals surface area contributed by atoms with Gasteiger partial charge < -0.3 is 14.2 Å². The van der Waals surface area contributed by atoms with E-state index >= 15 is 0 Å². The molecule has 0 N–H and O–H groups in total. The van der Waals surface area contributed by atoms with Gasteiger partial charge in [-0.15, -0.1) is 0 Å². The molecule has 1 amide bonds. The molecule has 1 unspecified atom stereocenters. The summed E-state index contributed by atoms with van der Waals surface area (Å²) in [5.41, 5.74) is -0.271. The van der Waals surface area contributed by atoms with Gasteiger partial charge in [-0.2, -0.15) is 17.5 Å². The van der Waals surface area contributed by atoms with Gasteiger partial charge >= 0.3 is 6.18 Å². The molecule has 1 aliphatic carbocycles. The molecule has 1 aromatic carbocycles. The molecule has 2 aliphatic heterocycles. The van der Waals surface area contributed by atoms with Crippen molar-refractivity contribution in [3.05, 3.63) is 53.9 Å². The number of morpholine rings is 1. The van der Waals surface area contributed by atoms with Crippen LogP contribution in [0, 0.1) is 0 Å². The van der Waals surface area contributed by atoms with Crippen LogP contribution in [0.1, 0.15) is 55.8 Å². The molecule has 0 radical (unpaired) electrons. The largest absolute Gasteiger partial charge is 0.416 e.